The van der Waals surface area contributed by atoms with Crippen LogP contribution in [0.5, 0.6) is 0 Å². The minimum atomic E-state index is -0.995. The summed E-state index contributed by atoms with van der Waals surface area (Å²) >= 11 is 0. The number of hydrogen-bond donors (Lipinski definition) is 1. The Morgan fingerprint density at radius 3 is 2.15 bits per heavy atom. The Morgan fingerprint density at radius 2 is 1.59 bits per heavy atom. The molecule has 1 saturated heterocycles. The maximum atomic E-state index is 13.6. The highest BCUT2D eigenvalue weighted by Gasteiger charge is 2.59. The number of ether oxygens (including phenoxy) is 2. The van der Waals surface area contributed by atoms with Gasteiger partial charge in [0, 0.05) is 25.7 Å². The Kier molecular flexibility index (Phi) is 7.84. The molecule has 3 rings (SSSR count). The van der Waals surface area contributed by atoms with Gasteiger partial charge < -0.3 is 14.8 Å². The largest absolute Gasteiger partial charge is 0.469 e. The maximum Gasteiger partial charge on any atom is 0.326 e. The number of likely N-dealkylation sites (tertiary alicyclic amines) is 1. The topological polar surface area (TPSA) is 67.9 Å². The fourth-order valence-corrected chi connectivity index (χ4v) is 4.91. The van der Waals surface area contributed by atoms with Crippen molar-refractivity contribution in [1.82, 2.24) is 10.2 Å². The Bertz CT molecular complexity index is 973. The van der Waals surface area contributed by atoms with Gasteiger partial charge in [-0.05, 0) is 52.2 Å². The number of carbonyl (C=O) groups excluding carboxylic acids is 2. The van der Waals surface area contributed by atoms with Gasteiger partial charge in [0.25, 0.3) is 0 Å². The van der Waals surface area contributed by atoms with Crippen LogP contribution in [0.4, 0.5) is 0 Å². The van der Waals surface area contributed by atoms with Gasteiger partial charge in [-0.3, -0.25) is 14.5 Å². The van der Waals surface area contributed by atoms with Gasteiger partial charge >= 0.3 is 11.9 Å². The molecule has 1 fully saturated rings. The zero-order chi connectivity index (χ0) is 25.0. The average molecular weight is 467 g/mol. The second kappa shape index (κ2) is 10.3. The highest BCUT2D eigenvalue weighted by molar-refractivity contribution is 5.85. The lowest BCUT2D eigenvalue weighted by Crippen LogP contribution is -2.53. The van der Waals surface area contributed by atoms with Crippen molar-refractivity contribution in [3.8, 4) is 0 Å². The number of nitrogens with zero attached hydrogens (tertiary/aromatic N) is 1. The van der Waals surface area contributed by atoms with Gasteiger partial charge in [0.05, 0.1) is 12.5 Å². The second-order valence-electron chi connectivity index (χ2n) is 10.7. The fraction of sp³-hybridized carbons (Fsp3) is 0.500. The predicted molar refractivity (Wildman–Crippen MR) is 133 cm³/mol. The summed E-state index contributed by atoms with van der Waals surface area (Å²) < 4.78 is 11.0. The zero-order valence-electron chi connectivity index (χ0n) is 21.3. The molecule has 0 saturated carbocycles. The van der Waals surface area contributed by atoms with Crippen molar-refractivity contribution >= 4 is 11.9 Å². The first-order valence-electron chi connectivity index (χ1n) is 11.9. The minimum absolute atomic E-state index is 0.145. The third-order valence-corrected chi connectivity index (χ3v) is 6.47. The molecule has 0 aromatic heterocycles. The summed E-state index contributed by atoms with van der Waals surface area (Å²) in [5.41, 5.74) is -0.195. The lowest BCUT2D eigenvalue weighted by Gasteiger charge is -2.40. The monoisotopic (exact) mass is 466 g/mol. The Labute approximate surface area is 203 Å². The molecule has 0 unspecified atom stereocenters. The van der Waals surface area contributed by atoms with E-state index in [2.05, 4.69) is 34.5 Å². The molecule has 34 heavy (non-hydrogen) atoms. The van der Waals surface area contributed by atoms with Crippen molar-refractivity contribution < 1.29 is 19.1 Å². The van der Waals surface area contributed by atoms with Crippen LogP contribution in [0.25, 0.3) is 0 Å². The molecule has 0 spiro atoms. The lowest BCUT2D eigenvalue weighted by atomic mass is 9.83. The first-order valence-corrected chi connectivity index (χ1v) is 11.9. The number of nitrogens with one attached hydrogen (secondary N) is 1. The molecule has 1 aliphatic rings. The lowest BCUT2D eigenvalue weighted by molar-refractivity contribution is -0.168. The van der Waals surface area contributed by atoms with Crippen molar-refractivity contribution in [3.05, 3.63) is 71.8 Å². The Morgan fingerprint density at radius 1 is 1.00 bits per heavy atom. The first-order chi connectivity index (χ1) is 16.0. The van der Waals surface area contributed by atoms with Crippen LogP contribution in [0, 0.1) is 5.41 Å². The van der Waals surface area contributed by atoms with E-state index in [0.717, 1.165) is 5.56 Å². The normalized spacial score (nSPS) is 23.9. The van der Waals surface area contributed by atoms with Gasteiger partial charge in [-0.2, -0.15) is 0 Å². The molecular weight excluding hydrogens is 428 g/mol. The summed E-state index contributed by atoms with van der Waals surface area (Å²) in [7, 11) is 1.40. The summed E-state index contributed by atoms with van der Waals surface area (Å²) in [4.78, 5) is 28.5. The second-order valence-corrected chi connectivity index (χ2v) is 10.7. The molecule has 1 heterocycles. The van der Waals surface area contributed by atoms with E-state index >= 15 is 0 Å². The van der Waals surface area contributed by atoms with Crippen molar-refractivity contribution in [3.63, 3.8) is 0 Å². The SMILES string of the molecule is COC(=O)[C@@]1(C)CN([C@H](CNCc2ccccc2)c2ccccc2)[C@](C)(C(=O)OC(C)(C)C)C1. The van der Waals surface area contributed by atoms with Crippen LogP contribution < -0.4 is 5.32 Å². The third-order valence-electron chi connectivity index (χ3n) is 6.47. The van der Waals surface area contributed by atoms with Gasteiger partial charge in [0.1, 0.15) is 11.1 Å². The summed E-state index contributed by atoms with van der Waals surface area (Å²) in [6, 6.07) is 20.2. The van der Waals surface area contributed by atoms with Crippen LogP contribution in [0.15, 0.2) is 60.7 Å². The van der Waals surface area contributed by atoms with Crippen LogP contribution >= 0.6 is 0 Å². The molecule has 1 N–H and O–H groups in total. The number of methoxy groups -OCH3 is 1. The molecular formula is C28H38N2O4. The van der Waals surface area contributed by atoms with E-state index in [1.807, 2.05) is 71.0 Å². The van der Waals surface area contributed by atoms with E-state index in [1.54, 1.807) is 0 Å². The van der Waals surface area contributed by atoms with E-state index in [0.29, 0.717) is 26.1 Å². The third kappa shape index (κ3) is 5.86. The molecule has 0 aliphatic carbocycles. The minimum Gasteiger partial charge on any atom is -0.469 e. The standard InChI is InChI=1S/C28H38N2O4/c1-26(2,3)34-25(32)28(5)19-27(4,24(31)33-6)20-30(28)23(22-15-11-8-12-16-22)18-29-17-21-13-9-7-10-14-21/h7-16,23,29H,17-20H2,1-6H3/t23-,27-,28+/m1/s1. The van der Waals surface area contributed by atoms with Crippen LogP contribution in [0.2, 0.25) is 0 Å². The van der Waals surface area contributed by atoms with Crippen molar-refractivity contribution in [2.45, 2.75) is 64.8 Å². The van der Waals surface area contributed by atoms with E-state index in [9.17, 15) is 9.59 Å². The molecule has 0 radical (unpaired) electrons. The molecule has 3 atom stereocenters. The van der Waals surface area contributed by atoms with Gasteiger partial charge in [0.2, 0.25) is 0 Å². The predicted octanol–water partition coefficient (Wildman–Crippen LogP) is 4.50. The van der Waals surface area contributed by atoms with Crippen LogP contribution in [0.1, 0.15) is 58.2 Å². The highest BCUT2D eigenvalue weighted by atomic mass is 16.6. The van der Waals surface area contributed by atoms with Crippen molar-refractivity contribution in [2.24, 2.45) is 5.41 Å². The van der Waals surface area contributed by atoms with Crippen molar-refractivity contribution in [2.75, 3.05) is 20.2 Å². The zero-order valence-corrected chi connectivity index (χ0v) is 21.3. The molecule has 6 heteroatoms. The Hall–Kier alpha value is -2.70. The first kappa shape index (κ1) is 25.9. The number of carbonyl (C=O) groups is 2. The molecule has 2 aromatic carbocycles. The number of hydrogen-bond acceptors (Lipinski definition) is 6. The van der Waals surface area contributed by atoms with Crippen LogP contribution in [0.3, 0.4) is 0 Å². The van der Waals surface area contributed by atoms with Gasteiger partial charge in [-0.1, -0.05) is 60.7 Å². The fourth-order valence-electron chi connectivity index (χ4n) is 4.91. The Balaban J connectivity index is 1.96. The highest BCUT2D eigenvalue weighted by Crippen LogP contribution is 2.47. The molecule has 2 aromatic rings. The number of rotatable bonds is 8. The van der Waals surface area contributed by atoms with Crippen LogP contribution in [-0.2, 0) is 25.6 Å². The van der Waals surface area contributed by atoms with E-state index in [4.69, 9.17) is 9.47 Å². The van der Waals surface area contributed by atoms with Crippen LogP contribution in [-0.4, -0.2) is 48.2 Å². The summed E-state index contributed by atoms with van der Waals surface area (Å²) in [6.45, 7) is 11.1. The van der Waals surface area contributed by atoms with Gasteiger partial charge in [-0.15, -0.1) is 0 Å². The quantitative estimate of drug-likeness (QED) is 0.578. The van der Waals surface area contributed by atoms with E-state index < -0.39 is 16.6 Å². The number of benzene rings is 2. The van der Waals surface area contributed by atoms with Crippen molar-refractivity contribution in [1.29, 1.82) is 0 Å². The molecule has 1 aliphatic heterocycles. The summed E-state index contributed by atoms with van der Waals surface area (Å²) in [6.07, 6.45) is 0.323. The summed E-state index contributed by atoms with van der Waals surface area (Å²) in [5, 5.41) is 3.56. The number of esters is 2. The van der Waals surface area contributed by atoms with Gasteiger partial charge in [0.15, 0.2) is 0 Å². The smallest absolute Gasteiger partial charge is 0.326 e. The molecule has 184 valence electrons. The average Bonchev–Trinajstić information content (AvgIpc) is 3.09. The van der Waals surface area contributed by atoms with E-state index in [-0.39, 0.29) is 18.0 Å². The molecule has 6 nitrogen and oxygen atoms in total. The maximum absolute atomic E-state index is 13.6. The molecule has 0 amide bonds. The van der Waals surface area contributed by atoms with E-state index in [1.165, 1.54) is 12.7 Å². The molecule has 0 bridgehead atoms. The summed E-state index contributed by atoms with van der Waals surface area (Å²) in [5.74, 6) is -0.634. The van der Waals surface area contributed by atoms with Gasteiger partial charge in [-0.25, -0.2) is 0 Å².